The normalized spacial score (nSPS) is 14.3. The Morgan fingerprint density at radius 2 is 2.06 bits per heavy atom. The average molecular weight is 314 g/mol. The lowest BCUT2D eigenvalue weighted by molar-refractivity contribution is 0.339. The lowest BCUT2D eigenvalue weighted by Gasteiger charge is -2.25. The smallest absolute Gasteiger partial charge is 0.120 e. The second-order valence-corrected chi connectivity index (χ2v) is 5.50. The molecule has 0 aliphatic carbocycles. The minimum Gasteiger partial charge on any atom is -0.494 e. The maximum absolute atomic E-state index is 5.51. The summed E-state index contributed by atoms with van der Waals surface area (Å²) in [6.07, 6.45) is 2.44. The van der Waals surface area contributed by atoms with Crippen LogP contribution in [-0.4, -0.2) is 13.7 Å². The summed E-state index contributed by atoms with van der Waals surface area (Å²) in [4.78, 5) is 0. The highest BCUT2D eigenvalue weighted by Crippen LogP contribution is 2.33. The van der Waals surface area contributed by atoms with Crippen LogP contribution in [0, 0.1) is 5.92 Å². The van der Waals surface area contributed by atoms with E-state index in [1.165, 1.54) is 18.4 Å². The van der Waals surface area contributed by atoms with Crippen LogP contribution in [0.2, 0.25) is 0 Å². The van der Waals surface area contributed by atoms with Crippen LogP contribution >= 0.6 is 15.9 Å². The monoisotopic (exact) mass is 313 g/mol. The van der Waals surface area contributed by atoms with Gasteiger partial charge in [-0.2, -0.15) is 0 Å². The number of nitrogens with one attached hydrogen (secondary N) is 1. The Morgan fingerprint density at radius 3 is 2.56 bits per heavy atom. The molecular formula is C15H24BrNO. The molecule has 2 unspecified atom stereocenters. The van der Waals surface area contributed by atoms with Crippen LogP contribution in [0.5, 0.6) is 5.75 Å². The number of hydrogen-bond acceptors (Lipinski definition) is 2. The van der Waals surface area contributed by atoms with Gasteiger partial charge in [-0.25, -0.2) is 0 Å². The lowest BCUT2D eigenvalue weighted by atomic mass is 9.91. The second-order valence-electron chi connectivity index (χ2n) is 4.65. The Hall–Kier alpha value is -0.540. The maximum atomic E-state index is 5.51. The van der Waals surface area contributed by atoms with Crippen LogP contribution < -0.4 is 10.1 Å². The molecule has 0 saturated heterocycles. The molecule has 0 amide bonds. The third kappa shape index (κ3) is 3.99. The first-order valence-electron chi connectivity index (χ1n) is 6.73. The highest BCUT2D eigenvalue weighted by Gasteiger charge is 2.19. The molecular weight excluding hydrogens is 290 g/mol. The SMILES string of the molecule is CCCC(C)C(NC)c1ccc(OCC)cc1Br. The Balaban J connectivity index is 2.92. The topological polar surface area (TPSA) is 21.3 Å². The molecule has 0 aliphatic rings. The van der Waals surface area contributed by atoms with Crippen molar-refractivity contribution in [3.63, 3.8) is 0 Å². The Morgan fingerprint density at radius 1 is 1.33 bits per heavy atom. The van der Waals surface area contributed by atoms with Gasteiger partial charge < -0.3 is 10.1 Å². The van der Waals surface area contributed by atoms with Gasteiger partial charge in [-0.3, -0.25) is 0 Å². The van der Waals surface area contributed by atoms with Crippen molar-refractivity contribution in [2.45, 2.75) is 39.7 Å². The first-order valence-corrected chi connectivity index (χ1v) is 7.52. The Labute approximate surface area is 119 Å². The van der Waals surface area contributed by atoms with Crippen LogP contribution in [0.15, 0.2) is 22.7 Å². The van der Waals surface area contributed by atoms with E-state index >= 15 is 0 Å². The molecule has 0 aliphatic heterocycles. The standard InChI is InChI=1S/C15H24BrNO/c1-5-7-11(3)15(17-4)13-9-8-12(18-6-2)10-14(13)16/h8-11,15,17H,5-7H2,1-4H3. The molecule has 0 heterocycles. The molecule has 0 radical (unpaired) electrons. The number of rotatable bonds is 7. The van der Waals surface area contributed by atoms with E-state index in [-0.39, 0.29) is 0 Å². The molecule has 1 aromatic rings. The van der Waals surface area contributed by atoms with Gasteiger partial charge in [0.1, 0.15) is 5.75 Å². The molecule has 0 aromatic heterocycles. The fourth-order valence-electron chi connectivity index (χ4n) is 2.39. The summed E-state index contributed by atoms with van der Waals surface area (Å²) in [7, 11) is 2.03. The van der Waals surface area contributed by atoms with Crippen molar-refractivity contribution in [3.05, 3.63) is 28.2 Å². The molecule has 1 rings (SSSR count). The molecule has 1 aromatic carbocycles. The van der Waals surface area contributed by atoms with Crippen molar-refractivity contribution in [1.29, 1.82) is 0 Å². The highest BCUT2D eigenvalue weighted by molar-refractivity contribution is 9.10. The van der Waals surface area contributed by atoms with E-state index in [4.69, 9.17) is 4.74 Å². The largest absolute Gasteiger partial charge is 0.494 e. The van der Waals surface area contributed by atoms with Crippen LogP contribution in [0.1, 0.15) is 45.2 Å². The summed E-state index contributed by atoms with van der Waals surface area (Å²) in [5, 5.41) is 3.42. The maximum Gasteiger partial charge on any atom is 0.120 e. The van der Waals surface area contributed by atoms with Crippen LogP contribution in [0.25, 0.3) is 0 Å². The summed E-state index contributed by atoms with van der Waals surface area (Å²) in [5.74, 6) is 1.54. The van der Waals surface area contributed by atoms with Crippen molar-refractivity contribution >= 4 is 15.9 Å². The zero-order chi connectivity index (χ0) is 13.5. The Bertz CT molecular complexity index is 368. The molecule has 102 valence electrons. The summed E-state index contributed by atoms with van der Waals surface area (Å²) in [6, 6.07) is 6.65. The van der Waals surface area contributed by atoms with Crippen molar-refractivity contribution in [3.8, 4) is 5.75 Å². The van der Waals surface area contributed by atoms with E-state index in [1.807, 2.05) is 20.0 Å². The van der Waals surface area contributed by atoms with E-state index in [2.05, 4.69) is 47.2 Å². The van der Waals surface area contributed by atoms with Crippen molar-refractivity contribution in [1.82, 2.24) is 5.32 Å². The minimum atomic E-state index is 0.384. The van der Waals surface area contributed by atoms with Gasteiger partial charge in [-0.15, -0.1) is 0 Å². The van der Waals surface area contributed by atoms with E-state index in [1.54, 1.807) is 0 Å². The van der Waals surface area contributed by atoms with E-state index in [0.29, 0.717) is 18.6 Å². The van der Waals surface area contributed by atoms with Crippen LogP contribution in [0.4, 0.5) is 0 Å². The molecule has 0 fully saturated rings. The van der Waals surface area contributed by atoms with Gasteiger partial charge in [-0.05, 0) is 44.0 Å². The van der Waals surface area contributed by atoms with E-state index < -0.39 is 0 Å². The second kappa shape index (κ2) is 7.80. The van der Waals surface area contributed by atoms with Gasteiger partial charge >= 0.3 is 0 Å². The van der Waals surface area contributed by atoms with Gasteiger partial charge in [-0.1, -0.05) is 42.3 Å². The zero-order valence-electron chi connectivity index (χ0n) is 11.8. The minimum absolute atomic E-state index is 0.384. The molecule has 3 heteroatoms. The lowest BCUT2D eigenvalue weighted by Crippen LogP contribution is -2.23. The number of ether oxygens (including phenoxy) is 1. The fourth-order valence-corrected chi connectivity index (χ4v) is 2.99. The van der Waals surface area contributed by atoms with Gasteiger partial charge in [0.2, 0.25) is 0 Å². The van der Waals surface area contributed by atoms with Crippen molar-refractivity contribution < 1.29 is 4.74 Å². The van der Waals surface area contributed by atoms with E-state index in [9.17, 15) is 0 Å². The first kappa shape index (κ1) is 15.5. The van der Waals surface area contributed by atoms with Crippen LogP contribution in [0.3, 0.4) is 0 Å². The summed E-state index contributed by atoms with van der Waals surface area (Å²) in [6.45, 7) is 7.24. The molecule has 1 N–H and O–H groups in total. The highest BCUT2D eigenvalue weighted by atomic mass is 79.9. The fraction of sp³-hybridized carbons (Fsp3) is 0.600. The van der Waals surface area contributed by atoms with Crippen molar-refractivity contribution in [2.75, 3.05) is 13.7 Å². The average Bonchev–Trinajstić information content (AvgIpc) is 2.33. The number of benzene rings is 1. The number of hydrogen-bond donors (Lipinski definition) is 1. The van der Waals surface area contributed by atoms with Gasteiger partial charge in [0.15, 0.2) is 0 Å². The number of halogens is 1. The van der Waals surface area contributed by atoms with Crippen LogP contribution in [-0.2, 0) is 0 Å². The molecule has 0 saturated carbocycles. The third-order valence-electron chi connectivity index (χ3n) is 3.24. The van der Waals surface area contributed by atoms with E-state index in [0.717, 1.165) is 10.2 Å². The molecule has 18 heavy (non-hydrogen) atoms. The first-order chi connectivity index (χ1) is 8.63. The molecule has 0 bridgehead atoms. The third-order valence-corrected chi connectivity index (χ3v) is 3.93. The van der Waals surface area contributed by atoms with Gasteiger partial charge in [0.05, 0.1) is 6.61 Å². The zero-order valence-corrected chi connectivity index (χ0v) is 13.4. The van der Waals surface area contributed by atoms with Gasteiger partial charge in [0.25, 0.3) is 0 Å². The predicted molar refractivity (Wildman–Crippen MR) is 81.2 cm³/mol. The quantitative estimate of drug-likeness (QED) is 0.797. The van der Waals surface area contributed by atoms with Crippen molar-refractivity contribution in [2.24, 2.45) is 5.92 Å². The Kier molecular flexibility index (Phi) is 6.72. The van der Waals surface area contributed by atoms with Gasteiger partial charge in [0, 0.05) is 10.5 Å². The molecule has 2 atom stereocenters. The summed E-state index contributed by atoms with van der Waals surface area (Å²) in [5.41, 5.74) is 1.31. The summed E-state index contributed by atoms with van der Waals surface area (Å²) >= 11 is 3.66. The molecule has 0 spiro atoms. The summed E-state index contributed by atoms with van der Waals surface area (Å²) < 4.78 is 6.63. The predicted octanol–water partition coefficient (Wildman–Crippen LogP) is 4.54. The molecule has 2 nitrogen and oxygen atoms in total.